The van der Waals surface area contributed by atoms with Crippen molar-refractivity contribution < 1.29 is 9.53 Å². The summed E-state index contributed by atoms with van der Waals surface area (Å²) in [5.74, 6) is 1.48. The van der Waals surface area contributed by atoms with Gasteiger partial charge in [0.05, 0.1) is 7.11 Å². The van der Waals surface area contributed by atoms with Crippen LogP contribution in [0.3, 0.4) is 0 Å². The third-order valence-corrected chi connectivity index (χ3v) is 3.85. The van der Waals surface area contributed by atoms with Gasteiger partial charge in [-0.1, -0.05) is 6.92 Å². The zero-order valence-corrected chi connectivity index (χ0v) is 12.9. The molecule has 2 unspecified atom stereocenters. The van der Waals surface area contributed by atoms with E-state index in [1.54, 1.807) is 7.11 Å². The number of benzene rings is 1. The minimum Gasteiger partial charge on any atom is -0.497 e. The summed E-state index contributed by atoms with van der Waals surface area (Å²) in [6.45, 7) is 3.55. The lowest BCUT2D eigenvalue weighted by atomic mass is 9.92. The summed E-state index contributed by atoms with van der Waals surface area (Å²) in [6, 6.07) is 7.42. The van der Waals surface area contributed by atoms with Crippen molar-refractivity contribution in [3.8, 4) is 5.75 Å². The minimum absolute atomic E-state index is 0. The molecule has 0 saturated carbocycles. The van der Waals surface area contributed by atoms with Crippen LogP contribution in [-0.2, 0) is 0 Å². The smallest absolute Gasteiger partial charge is 0.254 e. The molecule has 2 atom stereocenters. The fourth-order valence-corrected chi connectivity index (χ4v) is 2.64. The van der Waals surface area contributed by atoms with Crippen molar-refractivity contribution in [2.45, 2.75) is 25.8 Å². The van der Waals surface area contributed by atoms with Gasteiger partial charge in [-0.15, -0.1) is 12.4 Å². The molecule has 5 heteroatoms. The molecule has 1 aromatic carbocycles. The zero-order valence-electron chi connectivity index (χ0n) is 12.0. The van der Waals surface area contributed by atoms with Gasteiger partial charge in [-0.2, -0.15) is 0 Å². The van der Waals surface area contributed by atoms with Gasteiger partial charge in [-0.25, -0.2) is 0 Å². The second kappa shape index (κ2) is 7.50. The number of nitrogens with zero attached hydrogens (tertiary/aromatic N) is 1. The number of carbonyl (C=O) groups excluding carboxylic acids is 1. The maximum atomic E-state index is 12.5. The molecular formula is C15H23ClN2O2. The zero-order chi connectivity index (χ0) is 13.8. The number of nitrogens with two attached hydrogens (primary N) is 1. The van der Waals surface area contributed by atoms with Crippen molar-refractivity contribution in [1.82, 2.24) is 4.90 Å². The van der Waals surface area contributed by atoms with Gasteiger partial charge in [0.1, 0.15) is 5.75 Å². The van der Waals surface area contributed by atoms with Crippen LogP contribution in [0.4, 0.5) is 0 Å². The molecule has 4 nitrogen and oxygen atoms in total. The van der Waals surface area contributed by atoms with E-state index in [1.165, 1.54) is 0 Å². The van der Waals surface area contributed by atoms with Crippen LogP contribution in [0, 0.1) is 5.92 Å². The lowest BCUT2D eigenvalue weighted by Crippen LogP contribution is -2.49. The van der Waals surface area contributed by atoms with Gasteiger partial charge < -0.3 is 15.4 Å². The van der Waals surface area contributed by atoms with Crippen LogP contribution < -0.4 is 10.5 Å². The van der Waals surface area contributed by atoms with Gasteiger partial charge in [-0.05, 0) is 43.0 Å². The first-order valence-electron chi connectivity index (χ1n) is 6.80. The first-order chi connectivity index (χ1) is 9.15. The van der Waals surface area contributed by atoms with E-state index in [0.29, 0.717) is 18.0 Å². The summed E-state index contributed by atoms with van der Waals surface area (Å²) in [7, 11) is 1.62. The largest absolute Gasteiger partial charge is 0.497 e. The molecule has 1 fully saturated rings. The second-order valence-electron chi connectivity index (χ2n) is 5.25. The molecule has 1 aromatic rings. The lowest BCUT2D eigenvalue weighted by Gasteiger charge is -2.38. The standard InChI is InChI=1S/C15H22N2O2.ClH/c1-11-7-8-17(13(9-11)10-16)15(18)12-3-5-14(19-2)6-4-12;/h3-6,11,13H,7-10,16H2,1-2H3;1H. The Bertz CT molecular complexity index is 436. The molecule has 0 aromatic heterocycles. The van der Waals surface area contributed by atoms with Crippen molar-refractivity contribution in [2.24, 2.45) is 11.7 Å². The highest BCUT2D eigenvalue weighted by Crippen LogP contribution is 2.24. The summed E-state index contributed by atoms with van der Waals surface area (Å²) in [6.07, 6.45) is 2.05. The SMILES string of the molecule is COc1ccc(C(=O)N2CCC(C)CC2CN)cc1.Cl. The molecule has 1 amide bonds. The minimum atomic E-state index is 0. The van der Waals surface area contributed by atoms with Crippen molar-refractivity contribution in [2.75, 3.05) is 20.2 Å². The maximum absolute atomic E-state index is 12.5. The van der Waals surface area contributed by atoms with Crippen LogP contribution in [0.25, 0.3) is 0 Å². The van der Waals surface area contributed by atoms with Crippen molar-refractivity contribution in [1.29, 1.82) is 0 Å². The highest BCUT2D eigenvalue weighted by Gasteiger charge is 2.29. The lowest BCUT2D eigenvalue weighted by molar-refractivity contribution is 0.0573. The molecule has 112 valence electrons. The Labute approximate surface area is 126 Å². The predicted octanol–water partition coefficient (Wildman–Crippen LogP) is 2.32. The van der Waals surface area contributed by atoms with Crippen molar-refractivity contribution in [3.05, 3.63) is 29.8 Å². The molecule has 2 N–H and O–H groups in total. The predicted molar refractivity (Wildman–Crippen MR) is 82.5 cm³/mol. The van der Waals surface area contributed by atoms with Gasteiger partial charge >= 0.3 is 0 Å². The van der Waals surface area contributed by atoms with Crippen molar-refractivity contribution in [3.63, 3.8) is 0 Å². The monoisotopic (exact) mass is 298 g/mol. The Hall–Kier alpha value is -1.26. The Morgan fingerprint density at radius 2 is 2.05 bits per heavy atom. The number of amides is 1. The molecule has 0 radical (unpaired) electrons. The van der Waals surface area contributed by atoms with E-state index in [4.69, 9.17) is 10.5 Å². The maximum Gasteiger partial charge on any atom is 0.254 e. The molecule has 20 heavy (non-hydrogen) atoms. The molecular weight excluding hydrogens is 276 g/mol. The molecule has 0 spiro atoms. The number of halogens is 1. The second-order valence-corrected chi connectivity index (χ2v) is 5.25. The highest BCUT2D eigenvalue weighted by molar-refractivity contribution is 5.94. The number of hydrogen-bond acceptors (Lipinski definition) is 3. The molecule has 1 heterocycles. The Kier molecular flexibility index (Phi) is 6.30. The highest BCUT2D eigenvalue weighted by atomic mass is 35.5. The van der Waals surface area contributed by atoms with Crippen LogP contribution in [0.15, 0.2) is 24.3 Å². The van der Waals surface area contributed by atoms with Gasteiger partial charge in [0, 0.05) is 24.7 Å². The average molecular weight is 299 g/mol. The van der Waals surface area contributed by atoms with Crippen molar-refractivity contribution >= 4 is 18.3 Å². The molecule has 0 bridgehead atoms. The summed E-state index contributed by atoms with van der Waals surface area (Å²) in [5, 5.41) is 0. The summed E-state index contributed by atoms with van der Waals surface area (Å²) < 4.78 is 5.11. The van der Waals surface area contributed by atoms with E-state index in [-0.39, 0.29) is 24.4 Å². The number of hydrogen-bond donors (Lipinski definition) is 1. The average Bonchev–Trinajstić information content (AvgIpc) is 2.46. The molecule has 0 aliphatic carbocycles. The number of rotatable bonds is 3. The number of ether oxygens (including phenoxy) is 1. The van der Waals surface area contributed by atoms with E-state index in [0.717, 1.165) is 25.1 Å². The Morgan fingerprint density at radius 3 is 2.60 bits per heavy atom. The third-order valence-electron chi connectivity index (χ3n) is 3.85. The van der Waals surface area contributed by atoms with Crippen LogP contribution in [0.1, 0.15) is 30.1 Å². The van der Waals surface area contributed by atoms with E-state index in [1.807, 2.05) is 29.2 Å². The van der Waals surface area contributed by atoms with E-state index < -0.39 is 0 Å². The van der Waals surface area contributed by atoms with E-state index in [2.05, 4.69) is 6.92 Å². The van der Waals surface area contributed by atoms with Crippen LogP contribution >= 0.6 is 12.4 Å². The number of carbonyl (C=O) groups is 1. The summed E-state index contributed by atoms with van der Waals surface area (Å²) in [5.41, 5.74) is 6.51. The first kappa shape index (κ1) is 16.8. The van der Waals surface area contributed by atoms with Gasteiger partial charge in [0.25, 0.3) is 5.91 Å². The van der Waals surface area contributed by atoms with Gasteiger partial charge in [0.15, 0.2) is 0 Å². The molecule has 1 saturated heterocycles. The molecule has 2 rings (SSSR count). The fraction of sp³-hybridized carbons (Fsp3) is 0.533. The topological polar surface area (TPSA) is 55.6 Å². The quantitative estimate of drug-likeness (QED) is 0.932. The number of methoxy groups -OCH3 is 1. The van der Waals surface area contributed by atoms with Crippen LogP contribution in [0.5, 0.6) is 5.75 Å². The third kappa shape index (κ3) is 3.64. The van der Waals surface area contributed by atoms with E-state index in [9.17, 15) is 4.79 Å². The normalized spacial score (nSPS) is 22.1. The summed E-state index contributed by atoms with van der Waals surface area (Å²) >= 11 is 0. The van der Waals surface area contributed by atoms with Gasteiger partial charge in [0.2, 0.25) is 0 Å². The number of piperidine rings is 1. The Balaban J connectivity index is 0.00000200. The molecule has 1 aliphatic heterocycles. The van der Waals surface area contributed by atoms with Crippen LogP contribution in [0.2, 0.25) is 0 Å². The number of likely N-dealkylation sites (tertiary alicyclic amines) is 1. The molecule has 1 aliphatic rings. The van der Waals surface area contributed by atoms with Crippen LogP contribution in [-0.4, -0.2) is 37.0 Å². The van der Waals surface area contributed by atoms with E-state index >= 15 is 0 Å². The van der Waals surface area contributed by atoms with Gasteiger partial charge in [-0.3, -0.25) is 4.79 Å². The fourth-order valence-electron chi connectivity index (χ4n) is 2.64. The first-order valence-corrected chi connectivity index (χ1v) is 6.80. The summed E-state index contributed by atoms with van der Waals surface area (Å²) in [4.78, 5) is 14.4. The Morgan fingerprint density at radius 1 is 1.40 bits per heavy atom.